The van der Waals surface area contributed by atoms with Gasteiger partial charge in [0, 0.05) is 12.1 Å². The van der Waals surface area contributed by atoms with Crippen LogP contribution < -0.4 is 11.1 Å². The lowest BCUT2D eigenvalue weighted by molar-refractivity contribution is 0.0937. The fourth-order valence-corrected chi connectivity index (χ4v) is 2.32. The van der Waals surface area contributed by atoms with Crippen molar-refractivity contribution < 1.29 is 4.79 Å². The molecule has 0 spiro atoms. The summed E-state index contributed by atoms with van der Waals surface area (Å²) >= 11 is 0. The Morgan fingerprint density at radius 1 is 1.15 bits per heavy atom. The molecule has 0 bridgehead atoms. The highest BCUT2D eigenvalue weighted by molar-refractivity contribution is 6.06. The molecule has 3 nitrogen and oxygen atoms in total. The van der Waals surface area contributed by atoms with Gasteiger partial charge in [-0.15, -0.1) is 0 Å². The van der Waals surface area contributed by atoms with Crippen molar-refractivity contribution >= 4 is 16.7 Å². The summed E-state index contributed by atoms with van der Waals surface area (Å²) < 4.78 is 0. The Kier molecular flexibility index (Phi) is 4.40. The monoisotopic (exact) mass is 270 g/mol. The first kappa shape index (κ1) is 14.5. The van der Waals surface area contributed by atoms with Crippen LogP contribution in [0, 0.1) is 5.41 Å². The van der Waals surface area contributed by atoms with Gasteiger partial charge >= 0.3 is 0 Å². The van der Waals surface area contributed by atoms with Gasteiger partial charge in [0.15, 0.2) is 0 Å². The molecule has 0 heterocycles. The minimum absolute atomic E-state index is 0.0214. The minimum Gasteiger partial charge on any atom is -0.351 e. The van der Waals surface area contributed by atoms with Crippen LogP contribution in [0.15, 0.2) is 42.5 Å². The molecule has 2 aromatic carbocycles. The SMILES string of the molecule is CC(C)(CCN)CNC(=O)c1cccc2ccccc12. The first-order valence-electron chi connectivity index (χ1n) is 6.99. The summed E-state index contributed by atoms with van der Waals surface area (Å²) in [5.41, 5.74) is 6.35. The number of nitrogens with one attached hydrogen (secondary N) is 1. The smallest absolute Gasteiger partial charge is 0.251 e. The van der Waals surface area contributed by atoms with E-state index in [-0.39, 0.29) is 11.3 Å². The molecule has 3 N–H and O–H groups in total. The van der Waals surface area contributed by atoms with E-state index in [1.54, 1.807) is 0 Å². The lowest BCUT2D eigenvalue weighted by Crippen LogP contribution is -2.35. The number of hydrogen-bond acceptors (Lipinski definition) is 2. The zero-order valence-electron chi connectivity index (χ0n) is 12.1. The van der Waals surface area contributed by atoms with E-state index in [1.165, 1.54) is 0 Å². The molecular formula is C17H22N2O. The molecule has 0 aliphatic rings. The Hall–Kier alpha value is -1.87. The van der Waals surface area contributed by atoms with E-state index in [2.05, 4.69) is 19.2 Å². The molecular weight excluding hydrogens is 248 g/mol. The molecule has 0 saturated heterocycles. The molecule has 0 saturated carbocycles. The number of rotatable bonds is 5. The van der Waals surface area contributed by atoms with Gasteiger partial charge in [0.25, 0.3) is 5.91 Å². The Bertz CT molecular complexity index is 599. The molecule has 0 aliphatic heterocycles. The number of carbonyl (C=O) groups is 1. The Labute approximate surface area is 120 Å². The number of hydrogen-bond donors (Lipinski definition) is 2. The van der Waals surface area contributed by atoms with Gasteiger partial charge in [-0.2, -0.15) is 0 Å². The molecule has 0 unspecified atom stereocenters. The van der Waals surface area contributed by atoms with Crippen molar-refractivity contribution in [2.24, 2.45) is 11.1 Å². The van der Waals surface area contributed by atoms with E-state index in [4.69, 9.17) is 5.73 Å². The van der Waals surface area contributed by atoms with E-state index in [9.17, 15) is 4.79 Å². The van der Waals surface area contributed by atoms with E-state index in [1.807, 2.05) is 42.5 Å². The maximum absolute atomic E-state index is 12.4. The largest absolute Gasteiger partial charge is 0.351 e. The van der Waals surface area contributed by atoms with Crippen LogP contribution in [-0.2, 0) is 0 Å². The van der Waals surface area contributed by atoms with Gasteiger partial charge in [-0.05, 0) is 35.2 Å². The molecule has 2 aromatic rings. The van der Waals surface area contributed by atoms with Crippen LogP contribution in [0.5, 0.6) is 0 Å². The van der Waals surface area contributed by atoms with Crippen LogP contribution in [0.4, 0.5) is 0 Å². The quantitative estimate of drug-likeness (QED) is 0.877. The summed E-state index contributed by atoms with van der Waals surface area (Å²) in [6, 6.07) is 13.7. The van der Waals surface area contributed by atoms with Gasteiger partial charge in [0.05, 0.1) is 0 Å². The maximum Gasteiger partial charge on any atom is 0.251 e. The highest BCUT2D eigenvalue weighted by atomic mass is 16.1. The predicted octanol–water partition coefficient (Wildman–Crippen LogP) is 2.94. The zero-order chi connectivity index (χ0) is 14.6. The highest BCUT2D eigenvalue weighted by Gasteiger charge is 2.18. The minimum atomic E-state index is -0.0214. The fourth-order valence-electron chi connectivity index (χ4n) is 2.32. The van der Waals surface area contributed by atoms with Crippen molar-refractivity contribution in [3.8, 4) is 0 Å². The third-order valence-electron chi connectivity index (χ3n) is 3.58. The van der Waals surface area contributed by atoms with Gasteiger partial charge in [-0.3, -0.25) is 4.79 Å². The average Bonchev–Trinajstić information content (AvgIpc) is 2.44. The summed E-state index contributed by atoms with van der Waals surface area (Å²) in [5, 5.41) is 5.10. The highest BCUT2D eigenvalue weighted by Crippen LogP contribution is 2.20. The van der Waals surface area contributed by atoms with Gasteiger partial charge < -0.3 is 11.1 Å². The molecule has 0 aromatic heterocycles. The van der Waals surface area contributed by atoms with Crippen molar-refractivity contribution in [1.82, 2.24) is 5.32 Å². The van der Waals surface area contributed by atoms with E-state index >= 15 is 0 Å². The average molecular weight is 270 g/mol. The second-order valence-corrected chi connectivity index (χ2v) is 5.91. The second kappa shape index (κ2) is 6.06. The van der Waals surface area contributed by atoms with Crippen LogP contribution in [0.25, 0.3) is 10.8 Å². The maximum atomic E-state index is 12.4. The molecule has 0 atom stereocenters. The van der Waals surface area contributed by atoms with Crippen molar-refractivity contribution in [3.63, 3.8) is 0 Å². The van der Waals surface area contributed by atoms with Crippen LogP contribution in [0.1, 0.15) is 30.6 Å². The van der Waals surface area contributed by atoms with Gasteiger partial charge in [-0.25, -0.2) is 0 Å². The van der Waals surface area contributed by atoms with Crippen LogP contribution in [-0.4, -0.2) is 19.0 Å². The normalized spacial score (nSPS) is 11.6. The third kappa shape index (κ3) is 3.36. The van der Waals surface area contributed by atoms with Crippen LogP contribution in [0.2, 0.25) is 0 Å². The number of nitrogens with two attached hydrogens (primary N) is 1. The Balaban J connectivity index is 2.16. The first-order chi connectivity index (χ1) is 9.53. The Morgan fingerprint density at radius 2 is 1.85 bits per heavy atom. The zero-order valence-corrected chi connectivity index (χ0v) is 12.1. The molecule has 3 heteroatoms. The van der Waals surface area contributed by atoms with Gasteiger partial charge in [-0.1, -0.05) is 50.2 Å². The van der Waals surface area contributed by atoms with E-state index < -0.39 is 0 Å². The predicted molar refractivity (Wildman–Crippen MR) is 83.7 cm³/mol. The summed E-state index contributed by atoms with van der Waals surface area (Å²) in [6.45, 7) is 5.50. The lowest BCUT2D eigenvalue weighted by atomic mass is 9.89. The molecule has 1 amide bonds. The van der Waals surface area contributed by atoms with E-state index in [0.717, 1.165) is 22.8 Å². The molecule has 106 valence electrons. The molecule has 20 heavy (non-hydrogen) atoms. The first-order valence-corrected chi connectivity index (χ1v) is 6.99. The molecule has 0 aliphatic carbocycles. The molecule has 0 radical (unpaired) electrons. The number of benzene rings is 2. The summed E-state index contributed by atoms with van der Waals surface area (Å²) in [4.78, 5) is 12.4. The van der Waals surface area contributed by atoms with Crippen molar-refractivity contribution in [1.29, 1.82) is 0 Å². The topological polar surface area (TPSA) is 55.1 Å². The third-order valence-corrected chi connectivity index (χ3v) is 3.58. The summed E-state index contributed by atoms with van der Waals surface area (Å²) in [7, 11) is 0. The van der Waals surface area contributed by atoms with E-state index in [0.29, 0.717) is 13.1 Å². The lowest BCUT2D eigenvalue weighted by Gasteiger charge is -2.24. The van der Waals surface area contributed by atoms with Crippen molar-refractivity contribution in [2.75, 3.05) is 13.1 Å². The van der Waals surface area contributed by atoms with Gasteiger partial charge in [0.1, 0.15) is 0 Å². The number of carbonyl (C=O) groups excluding carboxylic acids is 1. The van der Waals surface area contributed by atoms with Crippen molar-refractivity contribution in [3.05, 3.63) is 48.0 Å². The second-order valence-electron chi connectivity index (χ2n) is 5.91. The van der Waals surface area contributed by atoms with Crippen LogP contribution in [0.3, 0.4) is 0 Å². The van der Waals surface area contributed by atoms with Gasteiger partial charge in [0.2, 0.25) is 0 Å². The summed E-state index contributed by atoms with van der Waals surface area (Å²) in [5.74, 6) is -0.0214. The fraction of sp³-hybridized carbons (Fsp3) is 0.353. The number of fused-ring (bicyclic) bond motifs is 1. The standard InChI is InChI=1S/C17H22N2O/c1-17(2,10-11-18)12-19-16(20)15-9-5-7-13-6-3-4-8-14(13)15/h3-9H,10-12,18H2,1-2H3,(H,19,20). The molecule has 2 rings (SSSR count). The number of amides is 1. The Morgan fingerprint density at radius 3 is 2.60 bits per heavy atom. The van der Waals surface area contributed by atoms with Crippen molar-refractivity contribution in [2.45, 2.75) is 20.3 Å². The van der Waals surface area contributed by atoms with Crippen LogP contribution >= 0.6 is 0 Å². The molecule has 0 fully saturated rings. The summed E-state index contributed by atoms with van der Waals surface area (Å²) in [6.07, 6.45) is 0.892.